The number of hydrogen-bond acceptors (Lipinski definition) is 4. The van der Waals surface area contributed by atoms with Crippen molar-refractivity contribution in [3.05, 3.63) is 59.8 Å². The van der Waals surface area contributed by atoms with Crippen LogP contribution in [-0.4, -0.2) is 23.2 Å². The van der Waals surface area contributed by atoms with Gasteiger partial charge in [-0.25, -0.2) is 0 Å². The third-order valence-electron chi connectivity index (χ3n) is 3.39. The van der Waals surface area contributed by atoms with Crippen molar-refractivity contribution >= 4 is 35.0 Å². The third kappa shape index (κ3) is 3.02. The number of phenolic OH excluding ortho intramolecular Hbond substituents is 1. The Hall–Kier alpha value is -2.86. The summed E-state index contributed by atoms with van der Waals surface area (Å²) in [5, 5.41) is 12.5. The van der Waals surface area contributed by atoms with Gasteiger partial charge >= 0.3 is 0 Å². The lowest BCUT2D eigenvalue weighted by atomic mass is 10.2. The van der Waals surface area contributed by atoms with Gasteiger partial charge in [0.05, 0.1) is 12.8 Å². The normalized spacial score (nSPS) is 15.9. The second-order valence-corrected chi connectivity index (χ2v) is 5.31. The van der Waals surface area contributed by atoms with Crippen molar-refractivity contribution in [1.82, 2.24) is 5.32 Å². The van der Waals surface area contributed by atoms with Gasteiger partial charge in [0.1, 0.15) is 17.2 Å². The van der Waals surface area contributed by atoms with Crippen LogP contribution < -0.4 is 15.0 Å². The van der Waals surface area contributed by atoms with Crippen molar-refractivity contribution in [3.63, 3.8) is 0 Å². The van der Waals surface area contributed by atoms with Gasteiger partial charge in [0.15, 0.2) is 5.11 Å². The molecule has 3 rings (SSSR count). The van der Waals surface area contributed by atoms with Crippen LogP contribution in [0.4, 0.5) is 5.69 Å². The fourth-order valence-corrected chi connectivity index (χ4v) is 2.55. The highest BCUT2D eigenvalue weighted by Gasteiger charge is 2.32. The lowest BCUT2D eigenvalue weighted by molar-refractivity contribution is -0.113. The number of phenols is 1. The molecule has 1 heterocycles. The Balaban J connectivity index is 1.91. The SMILES string of the molecule is COc1cccc(N2C(=O)/C(=C\c3ccc(O)cc3)NC2=S)c1. The molecule has 0 saturated carbocycles. The first-order valence-corrected chi connectivity index (χ1v) is 7.29. The molecule has 1 amide bonds. The predicted molar refractivity (Wildman–Crippen MR) is 92.3 cm³/mol. The van der Waals surface area contributed by atoms with E-state index in [0.717, 1.165) is 5.56 Å². The fourth-order valence-electron chi connectivity index (χ4n) is 2.26. The monoisotopic (exact) mass is 326 g/mol. The summed E-state index contributed by atoms with van der Waals surface area (Å²) in [6.45, 7) is 0. The van der Waals surface area contributed by atoms with Crippen molar-refractivity contribution < 1.29 is 14.6 Å². The van der Waals surface area contributed by atoms with Gasteiger partial charge in [-0.2, -0.15) is 0 Å². The highest BCUT2D eigenvalue weighted by Crippen LogP contribution is 2.26. The van der Waals surface area contributed by atoms with Crippen molar-refractivity contribution in [1.29, 1.82) is 0 Å². The smallest absolute Gasteiger partial charge is 0.281 e. The van der Waals surface area contributed by atoms with E-state index in [1.165, 1.54) is 4.90 Å². The van der Waals surface area contributed by atoms with Gasteiger partial charge in [0.2, 0.25) is 0 Å². The second kappa shape index (κ2) is 6.10. The van der Waals surface area contributed by atoms with E-state index in [4.69, 9.17) is 17.0 Å². The van der Waals surface area contributed by atoms with Crippen molar-refractivity contribution in [2.45, 2.75) is 0 Å². The summed E-state index contributed by atoms with van der Waals surface area (Å²) < 4.78 is 5.18. The number of anilines is 1. The molecule has 0 bridgehead atoms. The Bertz CT molecular complexity index is 800. The Morgan fingerprint density at radius 2 is 1.96 bits per heavy atom. The maximum atomic E-state index is 12.6. The number of benzene rings is 2. The molecule has 0 spiro atoms. The molecule has 116 valence electrons. The lowest BCUT2D eigenvalue weighted by Crippen LogP contribution is -2.30. The highest BCUT2D eigenvalue weighted by atomic mass is 32.1. The van der Waals surface area contributed by atoms with E-state index in [2.05, 4.69) is 5.32 Å². The number of aromatic hydroxyl groups is 1. The zero-order valence-electron chi connectivity index (χ0n) is 12.3. The van der Waals surface area contributed by atoms with E-state index in [-0.39, 0.29) is 11.7 Å². The molecule has 0 atom stereocenters. The van der Waals surface area contributed by atoms with Crippen LogP contribution in [0.5, 0.6) is 11.5 Å². The quantitative estimate of drug-likeness (QED) is 0.671. The molecule has 5 nitrogen and oxygen atoms in total. The summed E-state index contributed by atoms with van der Waals surface area (Å²) >= 11 is 5.27. The second-order valence-electron chi connectivity index (χ2n) is 4.92. The first kappa shape index (κ1) is 15.1. The summed E-state index contributed by atoms with van der Waals surface area (Å²) in [6.07, 6.45) is 1.69. The molecule has 1 saturated heterocycles. The Kier molecular flexibility index (Phi) is 3.99. The molecule has 0 unspecified atom stereocenters. The zero-order valence-corrected chi connectivity index (χ0v) is 13.1. The summed E-state index contributed by atoms with van der Waals surface area (Å²) in [4.78, 5) is 14.0. The summed E-state index contributed by atoms with van der Waals surface area (Å²) in [5.41, 5.74) is 1.80. The number of methoxy groups -OCH3 is 1. The minimum Gasteiger partial charge on any atom is -0.508 e. The largest absolute Gasteiger partial charge is 0.508 e. The molecule has 2 aromatic rings. The average Bonchev–Trinajstić information content (AvgIpc) is 2.83. The number of amides is 1. The van der Waals surface area contributed by atoms with Gasteiger partial charge in [-0.15, -0.1) is 0 Å². The van der Waals surface area contributed by atoms with Crippen molar-refractivity contribution in [2.75, 3.05) is 12.0 Å². The number of hydrogen-bond donors (Lipinski definition) is 2. The average molecular weight is 326 g/mol. The minimum atomic E-state index is -0.240. The molecule has 2 N–H and O–H groups in total. The highest BCUT2D eigenvalue weighted by molar-refractivity contribution is 7.80. The van der Waals surface area contributed by atoms with Crippen LogP contribution in [0.2, 0.25) is 0 Å². The molecule has 23 heavy (non-hydrogen) atoms. The Labute approximate surface area is 138 Å². The molecule has 1 aliphatic rings. The van der Waals surface area contributed by atoms with E-state index < -0.39 is 0 Å². The van der Waals surface area contributed by atoms with Crippen LogP contribution in [0.15, 0.2) is 54.2 Å². The summed E-state index contributed by atoms with van der Waals surface area (Å²) in [6, 6.07) is 13.7. The van der Waals surface area contributed by atoms with Crippen LogP contribution in [0.25, 0.3) is 6.08 Å². The molecule has 6 heteroatoms. The molecule has 0 aromatic heterocycles. The maximum absolute atomic E-state index is 12.6. The molecule has 1 aliphatic heterocycles. The number of thiocarbonyl (C=S) groups is 1. The topological polar surface area (TPSA) is 61.8 Å². The van der Waals surface area contributed by atoms with Gasteiger partial charge in [0, 0.05) is 6.07 Å². The number of nitrogens with zero attached hydrogens (tertiary/aromatic N) is 1. The van der Waals surface area contributed by atoms with Gasteiger partial charge in [0.25, 0.3) is 5.91 Å². The Morgan fingerprint density at radius 1 is 1.22 bits per heavy atom. The van der Waals surface area contributed by atoms with Gasteiger partial charge in [-0.1, -0.05) is 18.2 Å². The number of carbonyl (C=O) groups excluding carboxylic acids is 1. The first-order valence-electron chi connectivity index (χ1n) is 6.89. The third-order valence-corrected chi connectivity index (χ3v) is 3.68. The number of ether oxygens (including phenoxy) is 1. The molecular formula is C17H14N2O3S. The number of rotatable bonds is 3. The van der Waals surface area contributed by atoms with Crippen LogP contribution in [0, 0.1) is 0 Å². The first-order chi connectivity index (χ1) is 11.1. The standard InChI is InChI=1S/C17H14N2O3S/c1-22-14-4-2-3-12(10-14)19-16(21)15(18-17(19)23)9-11-5-7-13(20)8-6-11/h2-10,20H,1H3,(H,18,23)/b15-9+. The van der Waals surface area contributed by atoms with Crippen molar-refractivity contribution in [2.24, 2.45) is 0 Å². The Morgan fingerprint density at radius 3 is 2.65 bits per heavy atom. The van der Waals surface area contributed by atoms with E-state index in [9.17, 15) is 9.90 Å². The number of nitrogens with one attached hydrogen (secondary N) is 1. The molecule has 0 radical (unpaired) electrons. The zero-order chi connectivity index (χ0) is 16.4. The van der Waals surface area contributed by atoms with Gasteiger partial charge < -0.3 is 15.2 Å². The minimum absolute atomic E-state index is 0.173. The molecule has 1 fully saturated rings. The van der Waals surface area contributed by atoms with E-state index in [1.807, 2.05) is 0 Å². The number of carbonyl (C=O) groups is 1. The summed E-state index contributed by atoms with van der Waals surface area (Å²) in [7, 11) is 1.57. The molecular weight excluding hydrogens is 312 g/mol. The van der Waals surface area contributed by atoms with E-state index >= 15 is 0 Å². The predicted octanol–water partition coefficient (Wildman–Crippen LogP) is 2.66. The molecule has 2 aromatic carbocycles. The van der Waals surface area contributed by atoms with Crippen LogP contribution in [0.1, 0.15) is 5.56 Å². The summed E-state index contributed by atoms with van der Waals surface area (Å²) in [5.74, 6) is 0.580. The van der Waals surface area contributed by atoms with Gasteiger partial charge in [-0.3, -0.25) is 9.69 Å². The van der Waals surface area contributed by atoms with Crippen LogP contribution in [-0.2, 0) is 4.79 Å². The molecule has 0 aliphatic carbocycles. The lowest BCUT2D eigenvalue weighted by Gasteiger charge is -2.14. The van der Waals surface area contributed by atoms with Gasteiger partial charge in [-0.05, 0) is 48.1 Å². The fraction of sp³-hybridized carbons (Fsp3) is 0.0588. The van der Waals surface area contributed by atoms with E-state index in [0.29, 0.717) is 22.2 Å². The van der Waals surface area contributed by atoms with Crippen molar-refractivity contribution in [3.8, 4) is 11.5 Å². The van der Waals surface area contributed by atoms with Crippen LogP contribution >= 0.6 is 12.2 Å². The maximum Gasteiger partial charge on any atom is 0.281 e. The van der Waals surface area contributed by atoms with Crippen LogP contribution in [0.3, 0.4) is 0 Å². The van der Waals surface area contributed by atoms with E-state index in [1.54, 1.807) is 61.7 Å².